The summed E-state index contributed by atoms with van der Waals surface area (Å²) in [5, 5.41) is 2.10. The number of fused-ring (bicyclic) bond motifs is 3. The molecule has 0 saturated carbocycles. The second-order valence-corrected chi connectivity index (χ2v) is 5.09. The first-order valence-electron chi connectivity index (χ1n) is 5.00. The van der Waals surface area contributed by atoms with Crippen LogP contribution in [0.5, 0.6) is 0 Å². The fourth-order valence-corrected chi connectivity index (χ4v) is 2.43. The molecule has 80 valence electrons. The molecular formula is C13H10O2S. The molecule has 3 heteroatoms. The summed E-state index contributed by atoms with van der Waals surface area (Å²) in [6.07, 6.45) is 1.68. The SMILES string of the molecule is CS(=O)c1ccc2oc3ccccc3c2c1. The van der Waals surface area contributed by atoms with Crippen LogP contribution in [0.3, 0.4) is 0 Å². The monoisotopic (exact) mass is 230 g/mol. The van der Waals surface area contributed by atoms with Gasteiger partial charge in [-0.25, -0.2) is 0 Å². The molecule has 0 radical (unpaired) electrons. The van der Waals surface area contributed by atoms with Gasteiger partial charge in [0, 0.05) is 32.7 Å². The Morgan fingerprint density at radius 2 is 1.75 bits per heavy atom. The first kappa shape index (κ1) is 9.60. The van der Waals surface area contributed by atoms with E-state index < -0.39 is 10.8 Å². The molecule has 1 unspecified atom stereocenters. The van der Waals surface area contributed by atoms with E-state index in [0.29, 0.717) is 0 Å². The lowest BCUT2D eigenvalue weighted by Gasteiger charge is -1.95. The molecular weight excluding hydrogens is 220 g/mol. The molecule has 0 spiro atoms. The molecule has 0 aliphatic heterocycles. The van der Waals surface area contributed by atoms with Gasteiger partial charge in [-0.05, 0) is 24.3 Å². The van der Waals surface area contributed by atoms with Crippen LogP contribution in [0.4, 0.5) is 0 Å². The van der Waals surface area contributed by atoms with Crippen molar-refractivity contribution in [2.24, 2.45) is 0 Å². The van der Waals surface area contributed by atoms with Gasteiger partial charge in [-0.3, -0.25) is 4.21 Å². The first-order valence-corrected chi connectivity index (χ1v) is 6.56. The molecule has 3 rings (SSSR count). The second kappa shape index (κ2) is 3.46. The third-order valence-electron chi connectivity index (χ3n) is 2.68. The standard InChI is InChI=1S/C13H10O2S/c1-16(14)9-6-7-13-11(8-9)10-4-2-3-5-12(10)15-13/h2-8H,1H3. The summed E-state index contributed by atoms with van der Waals surface area (Å²) >= 11 is 0. The van der Waals surface area contributed by atoms with Crippen molar-refractivity contribution in [3.05, 3.63) is 42.5 Å². The summed E-state index contributed by atoms with van der Waals surface area (Å²) in [5.74, 6) is 0. The van der Waals surface area contributed by atoms with Gasteiger partial charge >= 0.3 is 0 Å². The molecule has 1 atom stereocenters. The van der Waals surface area contributed by atoms with Crippen LogP contribution >= 0.6 is 0 Å². The molecule has 0 saturated heterocycles. The Hall–Kier alpha value is -1.61. The molecule has 0 bridgehead atoms. The number of benzene rings is 2. The van der Waals surface area contributed by atoms with Crippen LogP contribution in [-0.2, 0) is 10.8 Å². The van der Waals surface area contributed by atoms with Crippen LogP contribution in [0, 0.1) is 0 Å². The molecule has 0 amide bonds. The summed E-state index contributed by atoms with van der Waals surface area (Å²) in [6.45, 7) is 0. The lowest BCUT2D eigenvalue weighted by molar-refractivity contribution is 0.668. The van der Waals surface area contributed by atoms with Crippen LogP contribution < -0.4 is 0 Å². The maximum absolute atomic E-state index is 11.4. The number of furan rings is 1. The van der Waals surface area contributed by atoms with Crippen LogP contribution in [0.25, 0.3) is 21.9 Å². The van der Waals surface area contributed by atoms with Crippen molar-refractivity contribution in [1.82, 2.24) is 0 Å². The fraction of sp³-hybridized carbons (Fsp3) is 0.0769. The van der Waals surface area contributed by atoms with Crippen molar-refractivity contribution in [3.63, 3.8) is 0 Å². The van der Waals surface area contributed by atoms with E-state index >= 15 is 0 Å². The maximum atomic E-state index is 11.4. The Kier molecular flexibility index (Phi) is 2.07. The summed E-state index contributed by atoms with van der Waals surface area (Å²) in [5.41, 5.74) is 1.71. The summed E-state index contributed by atoms with van der Waals surface area (Å²) in [7, 11) is -0.954. The van der Waals surface area contributed by atoms with Crippen LogP contribution in [0.2, 0.25) is 0 Å². The summed E-state index contributed by atoms with van der Waals surface area (Å²) in [6, 6.07) is 13.6. The van der Waals surface area contributed by atoms with Crippen molar-refractivity contribution in [2.45, 2.75) is 4.90 Å². The molecule has 0 aliphatic carbocycles. The molecule has 2 nitrogen and oxygen atoms in total. The first-order chi connectivity index (χ1) is 7.75. The van der Waals surface area contributed by atoms with Gasteiger partial charge in [0.25, 0.3) is 0 Å². The molecule has 1 heterocycles. The number of rotatable bonds is 1. The zero-order valence-electron chi connectivity index (χ0n) is 8.77. The fourth-order valence-electron chi connectivity index (χ4n) is 1.88. The van der Waals surface area contributed by atoms with Gasteiger partial charge in [-0.15, -0.1) is 0 Å². The van der Waals surface area contributed by atoms with E-state index in [4.69, 9.17) is 4.42 Å². The average Bonchev–Trinajstić information content (AvgIpc) is 2.66. The zero-order valence-corrected chi connectivity index (χ0v) is 9.58. The molecule has 1 aromatic heterocycles. The van der Waals surface area contributed by atoms with Crippen molar-refractivity contribution < 1.29 is 8.63 Å². The van der Waals surface area contributed by atoms with E-state index in [0.717, 1.165) is 26.8 Å². The molecule has 2 aromatic carbocycles. The van der Waals surface area contributed by atoms with E-state index in [1.807, 2.05) is 42.5 Å². The quantitative estimate of drug-likeness (QED) is 0.642. The maximum Gasteiger partial charge on any atom is 0.135 e. The Morgan fingerprint density at radius 1 is 1.00 bits per heavy atom. The van der Waals surface area contributed by atoms with E-state index in [-0.39, 0.29) is 0 Å². The van der Waals surface area contributed by atoms with Gasteiger partial charge in [-0.1, -0.05) is 18.2 Å². The van der Waals surface area contributed by atoms with E-state index in [1.165, 1.54) is 0 Å². The molecule has 3 aromatic rings. The van der Waals surface area contributed by atoms with E-state index in [9.17, 15) is 4.21 Å². The smallest absolute Gasteiger partial charge is 0.135 e. The highest BCUT2D eigenvalue weighted by atomic mass is 32.2. The Bertz CT molecular complexity index is 697. The highest BCUT2D eigenvalue weighted by Gasteiger charge is 2.07. The minimum Gasteiger partial charge on any atom is -0.456 e. The summed E-state index contributed by atoms with van der Waals surface area (Å²) in [4.78, 5) is 0.832. The van der Waals surface area contributed by atoms with Crippen molar-refractivity contribution in [2.75, 3.05) is 6.26 Å². The van der Waals surface area contributed by atoms with Crippen LogP contribution in [0.15, 0.2) is 51.8 Å². The third kappa shape index (κ3) is 1.36. The minimum absolute atomic E-state index is 0.832. The average molecular weight is 230 g/mol. The molecule has 0 fully saturated rings. The molecule has 0 N–H and O–H groups in total. The lowest BCUT2D eigenvalue weighted by Crippen LogP contribution is -1.85. The third-order valence-corrected chi connectivity index (χ3v) is 3.60. The topological polar surface area (TPSA) is 30.2 Å². The van der Waals surface area contributed by atoms with E-state index in [1.54, 1.807) is 6.26 Å². The molecule has 16 heavy (non-hydrogen) atoms. The van der Waals surface area contributed by atoms with Crippen LogP contribution in [-0.4, -0.2) is 10.5 Å². The number of hydrogen-bond acceptors (Lipinski definition) is 2. The Morgan fingerprint density at radius 3 is 2.56 bits per heavy atom. The van der Waals surface area contributed by atoms with Crippen molar-refractivity contribution in [3.8, 4) is 0 Å². The minimum atomic E-state index is -0.954. The number of hydrogen-bond donors (Lipinski definition) is 0. The van der Waals surface area contributed by atoms with Crippen LogP contribution in [0.1, 0.15) is 0 Å². The highest BCUT2D eigenvalue weighted by Crippen LogP contribution is 2.29. The van der Waals surface area contributed by atoms with E-state index in [2.05, 4.69) is 0 Å². The molecule has 0 aliphatic rings. The zero-order chi connectivity index (χ0) is 11.1. The van der Waals surface area contributed by atoms with Gasteiger partial charge in [-0.2, -0.15) is 0 Å². The second-order valence-electron chi connectivity index (χ2n) is 3.71. The van der Waals surface area contributed by atoms with Crippen molar-refractivity contribution >= 4 is 32.7 Å². The van der Waals surface area contributed by atoms with Gasteiger partial charge in [0.2, 0.25) is 0 Å². The predicted molar refractivity (Wildman–Crippen MR) is 66.1 cm³/mol. The van der Waals surface area contributed by atoms with Gasteiger partial charge in [0.15, 0.2) is 0 Å². The van der Waals surface area contributed by atoms with Gasteiger partial charge < -0.3 is 4.42 Å². The predicted octanol–water partition coefficient (Wildman–Crippen LogP) is 3.32. The van der Waals surface area contributed by atoms with Gasteiger partial charge in [0.1, 0.15) is 11.2 Å². The van der Waals surface area contributed by atoms with Crippen molar-refractivity contribution in [1.29, 1.82) is 0 Å². The Labute approximate surface area is 95.3 Å². The van der Waals surface area contributed by atoms with Gasteiger partial charge in [0.05, 0.1) is 0 Å². The largest absolute Gasteiger partial charge is 0.456 e. The normalized spacial score (nSPS) is 13.3. The number of para-hydroxylation sites is 1. The lowest BCUT2D eigenvalue weighted by atomic mass is 10.1. The highest BCUT2D eigenvalue weighted by molar-refractivity contribution is 7.84. The Balaban J connectivity index is 2.44. The summed E-state index contributed by atoms with van der Waals surface area (Å²) < 4.78 is 17.1.